The molecule has 0 bridgehead atoms. The van der Waals surface area contributed by atoms with Gasteiger partial charge in [-0.05, 0) is 53.5 Å². The fourth-order valence-electron chi connectivity index (χ4n) is 1.62. The van der Waals surface area contributed by atoms with Crippen LogP contribution < -0.4 is 5.32 Å². The Morgan fingerprint density at radius 2 is 2.26 bits per heavy atom. The van der Waals surface area contributed by atoms with Crippen molar-refractivity contribution in [2.24, 2.45) is 0 Å². The van der Waals surface area contributed by atoms with E-state index in [1.54, 1.807) is 23.1 Å². The standard InChI is InChI=1S/C14H17BrN2S2/c1-3-6-16-8-11-4-5-13(12(15)7-11)19-14-17-10(2)9-18-14/h4-5,7,9,16H,3,6,8H2,1-2H3. The van der Waals surface area contributed by atoms with Crippen molar-refractivity contribution in [1.82, 2.24) is 10.3 Å². The molecule has 1 N–H and O–H groups in total. The maximum Gasteiger partial charge on any atom is 0.154 e. The minimum Gasteiger partial charge on any atom is -0.313 e. The van der Waals surface area contributed by atoms with Gasteiger partial charge in [-0.15, -0.1) is 11.3 Å². The van der Waals surface area contributed by atoms with Crippen LogP contribution in [0, 0.1) is 6.92 Å². The van der Waals surface area contributed by atoms with Crippen molar-refractivity contribution in [3.05, 3.63) is 39.3 Å². The third-order valence-corrected chi connectivity index (χ3v) is 5.60. The number of aryl methyl sites for hydroxylation is 1. The number of nitrogens with one attached hydrogen (secondary N) is 1. The van der Waals surface area contributed by atoms with E-state index in [9.17, 15) is 0 Å². The molecule has 2 rings (SSSR count). The average molecular weight is 357 g/mol. The Bertz CT molecular complexity index is 540. The van der Waals surface area contributed by atoms with E-state index in [2.05, 4.69) is 56.7 Å². The van der Waals surface area contributed by atoms with Crippen LogP contribution in [0.4, 0.5) is 0 Å². The molecule has 0 saturated carbocycles. The van der Waals surface area contributed by atoms with Crippen molar-refractivity contribution in [3.8, 4) is 0 Å². The lowest BCUT2D eigenvalue weighted by atomic mass is 10.2. The predicted molar refractivity (Wildman–Crippen MR) is 87.1 cm³/mol. The monoisotopic (exact) mass is 356 g/mol. The maximum absolute atomic E-state index is 4.48. The fourth-order valence-corrected chi connectivity index (χ4v) is 4.09. The van der Waals surface area contributed by atoms with E-state index in [0.717, 1.165) is 27.6 Å². The summed E-state index contributed by atoms with van der Waals surface area (Å²) in [4.78, 5) is 5.69. The molecule has 1 aromatic carbocycles. The summed E-state index contributed by atoms with van der Waals surface area (Å²) in [5.74, 6) is 0. The molecule has 1 heterocycles. The summed E-state index contributed by atoms with van der Waals surface area (Å²) in [5.41, 5.74) is 2.39. The molecule has 102 valence electrons. The molecular formula is C14H17BrN2S2. The van der Waals surface area contributed by atoms with E-state index in [-0.39, 0.29) is 0 Å². The largest absolute Gasteiger partial charge is 0.313 e. The van der Waals surface area contributed by atoms with E-state index in [4.69, 9.17) is 0 Å². The molecule has 2 nitrogen and oxygen atoms in total. The number of nitrogens with zero attached hydrogens (tertiary/aromatic N) is 1. The van der Waals surface area contributed by atoms with Gasteiger partial charge in [0.1, 0.15) is 0 Å². The van der Waals surface area contributed by atoms with Crippen LogP contribution in [0.1, 0.15) is 24.6 Å². The van der Waals surface area contributed by atoms with Gasteiger partial charge < -0.3 is 5.32 Å². The number of rotatable bonds is 6. The summed E-state index contributed by atoms with van der Waals surface area (Å²) in [6.07, 6.45) is 1.17. The van der Waals surface area contributed by atoms with Crippen molar-refractivity contribution in [3.63, 3.8) is 0 Å². The smallest absolute Gasteiger partial charge is 0.154 e. The van der Waals surface area contributed by atoms with E-state index in [0.29, 0.717) is 0 Å². The average Bonchev–Trinajstić information content (AvgIpc) is 2.79. The van der Waals surface area contributed by atoms with Gasteiger partial charge in [0, 0.05) is 27.0 Å². The molecule has 2 aromatic rings. The van der Waals surface area contributed by atoms with Gasteiger partial charge in [-0.3, -0.25) is 0 Å². The lowest BCUT2D eigenvalue weighted by Gasteiger charge is -2.07. The SMILES string of the molecule is CCCNCc1ccc(Sc2nc(C)cs2)c(Br)c1. The molecule has 0 unspecified atom stereocenters. The molecule has 0 spiro atoms. The van der Waals surface area contributed by atoms with Crippen LogP contribution in [-0.4, -0.2) is 11.5 Å². The quantitative estimate of drug-likeness (QED) is 0.747. The molecule has 0 atom stereocenters. The third-order valence-electron chi connectivity index (χ3n) is 2.55. The van der Waals surface area contributed by atoms with Crippen LogP contribution in [0.15, 0.2) is 37.3 Å². The highest BCUT2D eigenvalue weighted by Crippen LogP contribution is 2.35. The number of hydrogen-bond acceptors (Lipinski definition) is 4. The normalized spacial score (nSPS) is 10.9. The summed E-state index contributed by atoms with van der Waals surface area (Å²) in [7, 11) is 0. The highest BCUT2D eigenvalue weighted by molar-refractivity contribution is 9.10. The van der Waals surface area contributed by atoms with Crippen LogP contribution in [0.5, 0.6) is 0 Å². The van der Waals surface area contributed by atoms with Gasteiger partial charge in [0.05, 0.1) is 0 Å². The first-order valence-electron chi connectivity index (χ1n) is 6.28. The molecule has 0 fully saturated rings. The maximum atomic E-state index is 4.48. The van der Waals surface area contributed by atoms with Gasteiger partial charge in [0.15, 0.2) is 4.34 Å². The van der Waals surface area contributed by atoms with Crippen LogP contribution in [0.25, 0.3) is 0 Å². The summed E-state index contributed by atoms with van der Waals surface area (Å²) in [6, 6.07) is 6.52. The molecule has 19 heavy (non-hydrogen) atoms. The molecule has 0 aliphatic heterocycles. The molecule has 0 saturated heterocycles. The lowest BCUT2D eigenvalue weighted by molar-refractivity contribution is 0.675. The fraction of sp³-hybridized carbons (Fsp3) is 0.357. The molecule has 0 aliphatic carbocycles. The first kappa shape index (κ1) is 15.0. The van der Waals surface area contributed by atoms with E-state index in [1.165, 1.54) is 16.9 Å². The molecule has 0 aliphatic rings. The van der Waals surface area contributed by atoms with Gasteiger partial charge in [0.25, 0.3) is 0 Å². The van der Waals surface area contributed by atoms with Gasteiger partial charge in [-0.1, -0.05) is 24.8 Å². The zero-order valence-electron chi connectivity index (χ0n) is 11.1. The van der Waals surface area contributed by atoms with Crippen LogP contribution in [0.3, 0.4) is 0 Å². The number of benzene rings is 1. The van der Waals surface area contributed by atoms with E-state index >= 15 is 0 Å². The van der Waals surface area contributed by atoms with E-state index in [1.807, 2.05) is 6.92 Å². The number of aromatic nitrogens is 1. The number of thiazole rings is 1. The summed E-state index contributed by atoms with van der Waals surface area (Å²) in [6.45, 7) is 6.19. The minimum absolute atomic E-state index is 0.924. The second-order valence-electron chi connectivity index (χ2n) is 4.30. The molecule has 1 aromatic heterocycles. The topological polar surface area (TPSA) is 24.9 Å². The Morgan fingerprint density at radius 1 is 1.42 bits per heavy atom. The van der Waals surface area contributed by atoms with Gasteiger partial charge in [-0.25, -0.2) is 4.98 Å². The molecule has 0 radical (unpaired) electrons. The summed E-state index contributed by atoms with van der Waals surface area (Å²) in [5, 5.41) is 5.50. The van der Waals surface area contributed by atoms with Gasteiger partial charge in [-0.2, -0.15) is 0 Å². The summed E-state index contributed by atoms with van der Waals surface area (Å²) < 4.78 is 2.23. The summed E-state index contributed by atoms with van der Waals surface area (Å²) >= 11 is 7.05. The number of hydrogen-bond donors (Lipinski definition) is 1. The number of halogens is 1. The zero-order valence-corrected chi connectivity index (χ0v) is 14.3. The van der Waals surface area contributed by atoms with Crippen LogP contribution in [0.2, 0.25) is 0 Å². The van der Waals surface area contributed by atoms with Gasteiger partial charge in [0.2, 0.25) is 0 Å². The minimum atomic E-state index is 0.924. The Balaban J connectivity index is 2.02. The van der Waals surface area contributed by atoms with Crippen molar-refractivity contribution >= 4 is 39.0 Å². The van der Waals surface area contributed by atoms with Crippen LogP contribution in [-0.2, 0) is 6.54 Å². The van der Waals surface area contributed by atoms with Crippen molar-refractivity contribution in [2.45, 2.75) is 36.0 Å². The molecular weight excluding hydrogens is 340 g/mol. The zero-order chi connectivity index (χ0) is 13.7. The molecule has 5 heteroatoms. The first-order valence-corrected chi connectivity index (χ1v) is 8.77. The van der Waals surface area contributed by atoms with Gasteiger partial charge >= 0.3 is 0 Å². The second kappa shape index (κ2) is 7.43. The Hall–Kier alpha value is -0.360. The highest BCUT2D eigenvalue weighted by Gasteiger charge is 2.06. The van der Waals surface area contributed by atoms with Crippen LogP contribution >= 0.6 is 39.0 Å². The highest BCUT2D eigenvalue weighted by atomic mass is 79.9. The predicted octanol–water partition coefficient (Wildman–Crippen LogP) is 4.86. The van der Waals surface area contributed by atoms with Crippen molar-refractivity contribution in [2.75, 3.05) is 6.54 Å². The third kappa shape index (κ3) is 4.60. The first-order chi connectivity index (χ1) is 9.19. The Kier molecular flexibility index (Phi) is 5.88. The van der Waals surface area contributed by atoms with Crippen molar-refractivity contribution < 1.29 is 0 Å². The molecule has 0 amide bonds. The van der Waals surface area contributed by atoms with Crippen molar-refractivity contribution in [1.29, 1.82) is 0 Å². The second-order valence-corrected chi connectivity index (χ2v) is 7.30. The Morgan fingerprint density at radius 3 is 2.89 bits per heavy atom. The lowest BCUT2D eigenvalue weighted by Crippen LogP contribution is -2.13. The Labute approximate surface area is 131 Å². The van der Waals surface area contributed by atoms with E-state index < -0.39 is 0 Å².